The van der Waals surface area contributed by atoms with Gasteiger partial charge in [-0.1, -0.05) is 33.6 Å². The maximum Gasteiger partial charge on any atom is 0.319 e. The summed E-state index contributed by atoms with van der Waals surface area (Å²) in [6.45, 7) is 4.65. The summed E-state index contributed by atoms with van der Waals surface area (Å²) in [6, 6.07) is 11.0. The molecule has 0 radical (unpaired) electrons. The fourth-order valence-electron chi connectivity index (χ4n) is 2.10. The smallest absolute Gasteiger partial charge is 0.319 e. The monoisotopic (exact) mass is 396 g/mol. The topological polar surface area (TPSA) is 50.4 Å². The second-order valence-corrected chi connectivity index (χ2v) is 6.44. The highest BCUT2D eigenvalue weighted by molar-refractivity contribution is 9.10. The van der Waals surface area contributed by atoms with Gasteiger partial charge in [-0.3, -0.25) is 0 Å². The van der Waals surface area contributed by atoms with Crippen molar-refractivity contribution in [3.8, 4) is 5.75 Å². The number of urea groups is 1. The van der Waals surface area contributed by atoms with E-state index in [4.69, 9.17) is 16.3 Å². The molecule has 0 atom stereocenters. The molecule has 0 spiro atoms. The first kappa shape index (κ1) is 17.6. The van der Waals surface area contributed by atoms with Crippen molar-refractivity contribution < 1.29 is 9.53 Å². The molecule has 2 amide bonds. The third-order valence-corrected chi connectivity index (χ3v) is 3.97. The molecule has 0 aliphatic heterocycles. The van der Waals surface area contributed by atoms with Crippen LogP contribution >= 0.6 is 27.5 Å². The number of hydrogen-bond donors (Lipinski definition) is 2. The summed E-state index contributed by atoms with van der Waals surface area (Å²) >= 11 is 9.52. The molecule has 0 saturated carbocycles. The lowest BCUT2D eigenvalue weighted by Gasteiger charge is -2.13. The van der Waals surface area contributed by atoms with E-state index < -0.39 is 0 Å². The highest BCUT2D eigenvalue weighted by Gasteiger charge is 2.09. The standard InChI is InChI=1S/C17H18BrClN2O2/c1-11-9-12(2)16(15(19)10-11)21-17(22)20-7-8-23-14-5-3-13(18)4-6-14/h3-6,9-10H,7-8H2,1-2H3,(H2,20,21,22). The summed E-state index contributed by atoms with van der Waals surface area (Å²) in [5.74, 6) is 0.757. The Bertz CT molecular complexity index is 666. The molecule has 0 heterocycles. The van der Waals surface area contributed by atoms with Crippen LogP contribution < -0.4 is 15.4 Å². The van der Waals surface area contributed by atoms with E-state index in [1.165, 1.54) is 0 Å². The van der Waals surface area contributed by atoms with Crippen LogP contribution in [0.1, 0.15) is 11.1 Å². The van der Waals surface area contributed by atoms with Crippen molar-refractivity contribution in [2.24, 2.45) is 0 Å². The predicted molar refractivity (Wildman–Crippen MR) is 97.6 cm³/mol. The fourth-order valence-corrected chi connectivity index (χ4v) is 2.73. The number of amides is 2. The average molecular weight is 398 g/mol. The van der Waals surface area contributed by atoms with Gasteiger partial charge >= 0.3 is 6.03 Å². The number of aryl methyl sites for hydroxylation is 2. The Morgan fingerprint density at radius 2 is 1.91 bits per heavy atom. The summed E-state index contributed by atoms with van der Waals surface area (Å²) in [6.07, 6.45) is 0. The molecule has 2 N–H and O–H groups in total. The van der Waals surface area contributed by atoms with E-state index in [0.29, 0.717) is 23.9 Å². The summed E-state index contributed by atoms with van der Waals surface area (Å²) in [7, 11) is 0. The van der Waals surface area contributed by atoms with Crippen LogP contribution in [0.4, 0.5) is 10.5 Å². The van der Waals surface area contributed by atoms with E-state index in [0.717, 1.165) is 21.3 Å². The van der Waals surface area contributed by atoms with Crippen molar-refractivity contribution in [3.05, 3.63) is 57.0 Å². The van der Waals surface area contributed by atoms with Gasteiger partial charge in [0, 0.05) is 4.47 Å². The van der Waals surface area contributed by atoms with E-state index in [2.05, 4.69) is 26.6 Å². The molecule has 0 aliphatic rings. The lowest BCUT2D eigenvalue weighted by Crippen LogP contribution is -2.32. The SMILES string of the molecule is Cc1cc(C)c(NC(=O)NCCOc2ccc(Br)cc2)c(Cl)c1. The van der Waals surface area contributed by atoms with Gasteiger partial charge in [-0.2, -0.15) is 0 Å². The molecule has 0 unspecified atom stereocenters. The number of anilines is 1. The molecule has 122 valence electrons. The highest BCUT2D eigenvalue weighted by atomic mass is 79.9. The Morgan fingerprint density at radius 1 is 1.22 bits per heavy atom. The number of carbonyl (C=O) groups is 1. The highest BCUT2D eigenvalue weighted by Crippen LogP contribution is 2.27. The van der Waals surface area contributed by atoms with Crippen molar-refractivity contribution >= 4 is 39.2 Å². The van der Waals surface area contributed by atoms with E-state index in [9.17, 15) is 4.79 Å². The zero-order chi connectivity index (χ0) is 16.8. The van der Waals surface area contributed by atoms with Gasteiger partial charge in [-0.25, -0.2) is 4.79 Å². The van der Waals surface area contributed by atoms with Crippen LogP contribution in [0.3, 0.4) is 0 Å². The van der Waals surface area contributed by atoms with E-state index in [-0.39, 0.29) is 6.03 Å². The largest absolute Gasteiger partial charge is 0.492 e. The third-order valence-electron chi connectivity index (χ3n) is 3.14. The van der Waals surface area contributed by atoms with Crippen LogP contribution in [-0.2, 0) is 0 Å². The summed E-state index contributed by atoms with van der Waals surface area (Å²) in [5.41, 5.74) is 2.61. The van der Waals surface area contributed by atoms with Crippen LogP contribution in [0.2, 0.25) is 5.02 Å². The average Bonchev–Trinajstić information content (AvgIpc) is 2.49. The first-order valence-corrected chi connectivity index (χ1v) is 8.33. The Hall–Kier alpha value is -1.72. The fraction of sp³-hybridized carbons (Fsp3) is 0.235. The number of carbonyl (C=O) groups excluding carboxylic acids is 1. The van der Waals surface area contributed by atoms with Crippen molar-refractivity contribution in [2.45, 2.75) is 13.8 Å². The minimum atomic E-state index is -0.307. The Kier molecular flexibility index (Phi) is 6.30. The Labute approximate surface area is 149 Å². The van der Waals surface area contributed by atoms with E-state index >= 15 is 0 Å². The molecule has 0 aliphatic carbocycles. The van der Waals surface area contributed by atoms with Gasteiger partial charge in [0.25, 0.3) is 0 Å². The normalized spacial score (nSPS) is 10.3. The van der Waals surface area contributed by atoms with Crippen LogP contribution in [0.5, 0.6) is 5.75 Å². The number of nitrogens with one attached hydrogen (secondary N) is 2. The minimum Gasteiger partial charge on any atom is -0.492 e. The van der Waals surface area contributed by atoms with Crippen LogP contribution in [-0.4, -0.2) is 19.2 Å². The molecule has 0 aromatic heterocycles. The van der Waals surface area contributed by atoms with Gasteiger partial charge < -0.3 is 15.4 Å². The molecule has 0 fully saturated rings. The van der Waals surface area contributed by atoms with Gasteiger partial charge in [-0.05, 0) is 55.3 Å². The van der Waals surface area contributed by atoms with E-state index in [1.807, 2.05) is 50.2 Å². The quantitative estimate of drug-likeness (QED) is 0.704. The Balaban J connectivity index is 1.78. The maximum atomic E-state index is 11.9. The minimum absolute atomic E-state index is 0.307. The van der Waals surface area contributed by atoms with Crippen molar-refractivity contribution in [1.82, 2.24) is 5.32 Å². The lowest BCUT2D eigenvalue weighted by molar-refractivity contribution is 0.247. The second-order valence-electron chi connectivity index (χ2n) is 5.12. The zero-order valence-corrected chi connectivity index (χ0v) is 15.3. The number of rotatable bonds is 5. The lowest BCUT2D eigenvalue weighted by atomic mass is 10.1. The van der Waals surface area contributed by atoms with Crippen molar-refractivity contribution in [1.29, 1.82) is 0 Å². The van der Waals surface area contributed by atoms with Gasteiger partial charge in [0.2, 0.25) is 0 Å². The molecule has 2 rings (SSSR count). The summed E-state index contributed by atoms with van der Waals surface area (Å²) in [5, 5.41) is 6.04. The first-order chi connectivity index (χ1) is 11.0. The first-order valence-electron chi connectivity index (χ1n) is 7.15. The molecule has 2 aromatic rings. The van der Waals surface area contributed by atoms with Crippen molar-refractivity contribution in [2.75, 3.05) is 18.5 Å². The number of ether oxygens (including phenoxy) is 1. The van der Waals surface area contributed by atoms with Crippen LogP contribution in [0.15, 0.2) is 40.9 Å². The molecule has 4 nitrogen and oxygen atoms in total. The van der Waals surface area contributed by atoms with Gasteiger partial charge in [0.15, 0.2) is 0 Å². The number of hydrogen-bond acceptors (Lipinski definition) is 2. The number of benzene rings is 2. The van der Waals surface area contributed by atoms with Gasteiger partial charge in [0.1, 0.15) is 12.4 Å². The molecular formula is C17H18BrClN2O2. The molecule has 23 heavy (non-hydrogen) atoms. The third kappa shape index (κ3) is 5.44. The van der Waals surface area contributed by atoms with Gasteiger partial charge in [0.05, 0.1) is 17.3 Å². The zero-order valence-electron chi connectivity index (χ0n) is 13.0. The molecule has 0 saturated heterocycles. The molecule has 2 aromatic carbocycles. The number of halogens is 2. The summed E-state index contributed by atoms with van der Waals surface area (Å²) < 4.78 is 6.53. The maximum absolute atomic E-state index is 11.9. The van der Waals surface area contributed by atoms with Crippen LogP contribution in [0.25, 0.3) is 0 Å². The Morgan fingerprint density at radius 3 is 2.57 bits per heavy atom. The van der Waals surface area contributed by atoms with Crippen molar-refractivity contribution in [3.63, 3.8) is 0 Å². The van der Waals surface area contributed by atoms with Crippen LogP contribution in [0, 0.1) is 13.8 Å². The molecule has 6 heteroatoms. The second kappa shape index (κ2) is 8.22. The molecule has 0 bridgehead atoms. The predicted octanol–water partition coefficient (Wildman–Crippen LogP) is 4.92. The molecular weight excluding hydrogens is 380 g/mol. The van der Waals surface area contributed by atoms with E-state index in [1.54, 1.807) is 0 Å². The summed E-state index contributed by atoms with van der Waals surface area (Å²) in [4.78, 5) is 11.9. The van der Waals surface area contributed by atoms with Gasteiger partial charge in [-0.15, -0.1) is 0 Å².